The lowest BCUT2D eigenvalue weighted by Gasteiger charge is -2.32. The second kappa shape index (κ2) is 4.31. The van der Waals surface area contributed by atoms with Crippen LogP contribution in [0.25, 0.3) is 0 Å². The highest BCUT2D eigenvalue weighted by Gasteiger charge is 2.13. The summed E-state index contributed by atoms with van der Waals surface area (Å²) >= 11 is 0. The number of rotatable bonds is 3. The summed E-state index contributed by atoms with van der Waals surface area (Å²) in [6, 6.07) is 0. The molecule has 1 aliphatic rings. The minimum atomic E-state index is 0.906. The Hall–Kier alpha value is -0.610. The molecule has 0 aromatic rings. The number of likely N-dealkylation sites (N-methyl/N-ethyl adjacent to an activating group) is 1. The van der Waals surface area contributed by atoms with Gasteiger partial charge in [-0.25, -0.2) is 5.01 Å². The first kappa shape index (κ1) is 8.49. The minimum Gasteiger partial charge on any atom is -0.301 e. The zero-order valence-electron chi connectivity index (χ0n) is 6.84. The zero-order valence-corrected chi connectivity index (χ0v) is 6.84. The Kier molecular flexibility index (Phi) is 3.32. The van der Waals surface area contributed by atoms with Gasteiger partial charge in [0.05, 0.1) is 0 Å². The van der Waals surface area contributed by atoms with E-state index >= 15 is 0 Å². The van der Waals surface area contributed by atoms with Crippen molar-refractivity contribution in [3.63, 3.8) is 0 Å². The fourth-order valence-electron chi connectivity index (χ4n) is 1.24. The summed E-state index contributed by atoms with van der Waals surface area (Å²) in [5.41, 5.74) is 2.53. The first-order chi connectivity index (χ1) is 5.36. The Bertz CT molecular complexity index is 121. The third kappa shape index (κ3) is 2.48. The van der Waals surface area contributed by atoms with Crippen LogP contribution < -0.4 is 5.43 Å². The smallest absolute Gasteiger partial charge is 0.301 e. The Morgan fingerprint density at radius 3 is 2.45 bits per heavy atom. The van der Waals surface area contributed by atoms with Crippen molar-refractivity contribution in [2.75, 3.05) is 32.7 Å². The molecular weight excluding hydrogens is 142 g/mol. The van der Waals surface area contributed by atoms with Crippen molar-refractivity contribution >= 4 is 6.41 Å². The van der Waals surface area contributed by atoms with Gasteiger partial charge in [-0.2, -0.15) is 0 Å². The molecule has 4 heteroatoms. The maximum atomic E-state index is 9.93. The molecule has 0 saturated carbocycles. The zero-order chi connectivity index (χ0) is 8.10. The summed E-state index contributed by atoms with van der Waals surface area (Å²) in [4.78, 5) is 12.3. The molecule has 0 spiro atoms. The number of hydrazine groups is 1. The summed E-state index contributed by atoms with van der Waals surface area (Å²) in [6.45, 7) is 7.12. The molecule has 1 fully saturated rings. The van der Waals surface area contributed by atoms with Gasteiger partial charge in [-0.15, -0.1) is 0 Å². The summed E-state index contributed by atoms with van der Waals surface area (Å²) < 4.78 is 0. The van der Waals surface area contributed by atoms with Gasteiger partial charge in [-0.3, -0.25) is 10.2 Å². The van der Waals surface area contributed by atoms with E-state index in [1.165, 1.54) is 0 Å². The molecular formula is C7H14N3O. The van der Waals surface area contributed by atoms with Gasteiger partial charge in [0.1, 0.15) is 0 Å². The molecule has 1 amide bonds. The molecule has 1 N–H and O–H groups in total. The van der Waals surface area contributed by atoms with Crippen LogP contribution in [0, 0.1) is 0 Å². The fourth-order valence-corrected chi connectivity index (χ4v) is 1.24. The molecule has 1 heterocycles. The monoisotopic (exact) mass is 156 g/mol. The van der Waals surface area contributed by atoms with E-state index in [1.54, 1.807) is 6.41 Å². The first-order valence-corrected chi connectivity index (χ1v) is 3.97. The molecule has 63 valence electrons. The molecule has 1 saturated heterocycles. The summed E-state index contributed by atoms with van der Waals surface area (Å²) in [6.07, 6.45) is 1.68. The number of hydrogen-bond acceptors (Lipinski definition) is 3. The average Bonchev–Trinajstić information content (AvgIpc) is 2.07. The predicted octanol–water partition coefficient (Wildman–Crippen LogP) is -0.804. The molecule has 0 atom stereocenters. The number of hydrogen-bond donors (Lipinski definition) is 1. The summed E-state index contributed by atoms with van der Waals surface area (Å²) in [7, 11) is 0. The van der Waals surface area contributed by atoms with Gasteiger partial charge in [-0.1, -0.05) is 6.92 Å². The normalized spacial score (nSPS) is 21.5. The van der Waals surface area contributed by atoms with Crippen LogP contribution in [0.2, 0.25) is 0 Å². The van der Waals surface area contributed by atoms with Crippen molar-refractivity contribution in [2.24, 2.45) is 0 Å². The molecule has 1 radical (unpaired) electrons. The van der Waals surface area contributed by atoms with Crippen LogP contribution >= 0.6 is 0 Å². The van der Waals surface area contributed by atoms with Gasteiger partial charge in [-0.05, 0) is 6.54 Å². The Morgan fingerprint density at radius 2 is 2.00 bits per heavy atom. The highest BCUT2D eigenvalue weighted by Crippen LogP contribution is 1.96. The van der Waals surface area contributed by atoms with Crippen LogP contribution in [0.4, 0.5) is 0 Å². The largest absolute Gasteiger partial charge is 0.324 e. The molecule has 0 aromatic carbocycles. The van der Waals surface area contributed by atoms with Gasteiger partial charge in [0, 0.05) is 26.2 Å². The molecule has 1 aliphatic heterocycles. The maximum Gasteiger partial charge on any atom is 0.324 e. The molecule has 0 unspecified atom stereocenters. The van der Waals surface area contributed by atoms with Crippen molar-refractivity contribution in [2.45, 2.75) is 6.92 Å². The van der Waals surface area contributed by atoms with Crippen molar-refractivity contribution in [3.05, 3.63) is 0 Å². The molecule has 1 rings (SSSR count). The lowest BCUT2D eigenvalue weighted by atomic mass is 10.3. The van der Waals surface area contributed by atoms with Crippen molar-refractivity contribution in [3.8, 4) is 0 Å². The topological polar surface area (TPSA) is 35.6 Å². The van der Waals surface area contributed by atoms with Crippen LogP contribution in [0.3, 0.4) is 0 Å². The Labute approximate surface area is 67.1 Å². The lowest BCUT2D eigenvalue weighted by molar-refractivity contribution is 0.115. The van der Waals surface area contributed by atoms with Crippen LogP contribution in [0.5, 0.6) is 0 Å². The number of carbonyl (C=O) groups excluding carboxylic acids is 1. The summed E-state index contributed by atoms with van der Waals surface area (Å²) in [5.74, 6) is 0. The standard InChI is InChI=1S/C7H14N3O/c1-2-9-3-5-10(6-4-9)8-7-11/h2-6H2,1H3,(H,8,11). The minimum absolute atomic E-state index is 0.906. The van der Waals surface area contributed by atoms with Crippen LogP contribution in [0.15, 0.2) is 0 Å². The first-order valence-electron chi connectivity index (χ1n) is 3.97. The van der Waals surface area contributed by atoms with E-state index in [0.29, 0.717) is 0 Å². The number of nitrogens with one attached hydrogen (secondary N) is 1. The van der Waals surface area contributed by atoms with E-state index < -0.39 is 0 Å². The molecule has 0 aliphatic carbocycles. The third-order valence-corrected chi connectivity index (χ3v) is 2.02. The van der Waals surface area contributed by atoms with Crippen LogP contribution in [-0.4, -0.2) is 49.0 Å². The van der Waals surface area contributed by atoms with E-state index in [2.05, 4.69) is 17.2 Å². The number of piperazine rings is 1. The van der Waals surface area contributed by atoms with Gasteiger partial charge in [0.25, 0.3) is 0 Å². The predicted molar refractivity (Wildman–Crippen MR) is 42.5 cm³/mol. The van der Waals surface area contributed by atoms with E-state index in [1.807, 2.05) is 5.01 Å². The quantitative estimate of drug-likeness (QED) is 0.543. The molecule has 0 aromatic heterocycles. The summed E-state index contributed by atoms with van der Waals surface area (Å²) in [5, 5.41) is 1.89. The second-order valence-electron chi connectivity index (χ2n) is 2.64. The van der Waals surface area contributed by atoms with Gasteiger partial charge in [0.2, 0.25) is 0 Å². The highest BCUT2D eigenvalue weighted by atomic mass is 16.1. The van der Waals surface area contributed by atoms with Crippen molar-refractivity contribution in [1.82, 2.24) is 15.3 Å². The number of amides is 1. The van der Waals surface area contributed by atoms with Crippen LogP contribution in [-0.2, 0) is 4.79 Å². The Morgan fingerprint density at radius 1 is 1.36 bits per heavy atom. The van der Waals surface area contributed by atoms with E-state index in [4.69, 9.17) is 0 Å². The van der Waals surface area contributed by atoms with E-state index in [-0.39, 0.29) is 0 Å². The number of nitrogens with zero attached hydrogens (tertiary/aromatic N) is 2. The maximum absolute atomic E-state index is 9.93. The third-order valence-electron chi connectivity index (χ3n) is 2.02. The van der Waals surface area contributed by atoms with Gasteiger partial charge >= 0.3 is 6.41 Å². The lowest BCUT2D eigenvalue weighted by Crippen LogP contribution is -2.51. The fraction of sp³-hybridized carbons (Fsp3) is 0.857. The molecule has 11 heavy (non-hydrogen) atoms. The second-order valence-corrected chi connectivity index (χ2v) is 2.64. The van der Waals surface area contributed by atoms with E-state index in [0.717, 1.165) is 32.7 Å². The SMILES string of the molecule is CCN1CCN(N[C]=O)CC1. The molecule has 4 nitrogen and oxygen atoms in total. The van der Waals surface area contributed by atoms with Gasteiger partial charge in [0.15, 0.2) is 0 Å². The van der Waals surface area contributed by atoms with Crippen LogP contribution in [0.1, 0.15) is 6.92 Å². The highest BCUT2D eigenvalue weighted by molar-refractivity contribution is 5.46. The van der Waals surface area contributed by atoms with Crippen molar-refractivity contribution < 1.29 is 4.79 Å². The Balaban J connectivity index is 2.18. The average molecular weight is 156 g/mol. The van der Waals surface area contributed by atoms with Crippen molar-refractivity contribution in [1.29, 1.82) is 0 Å². The molecule has 0 bridgehead atoms. The van der Waals surface area contributed by atoms with Gasteiger partial charge < -0.3 is 4.90 Å². The van der Waals surface area contributed by atoms with E-state index in [9.17, 15) is 4.79 Å².